The summed E-state index contributed by atoms with van der Waals surface area (Å²) in [6.45, 7) is 12.1. The first kappa shape index (κ1) is 17.4. The van der Waals surface area contributed by atoms with Crippen LogP contribution in [0.5, 0.6) is 0 Å². The molecular weight excluding hydrogens is 228 g/mol. The fraction of sp³-hybridized carbons (Fsp3) is 0.929. The topological polar surface area (TPSA) is 54.3 Å². The molecule has 2 atom stereocenters. The van der Waals surface area contributed by atoms with Crippen LogP contribution in [-0.2, 0) is 9.47 Å². The monoisotopic (exact) mass is 256 g/mol. The molecule has 1 N–H and O–H groups in total. The van der Waals surface area contributed by atoms with Gasteiger partial charge in [-0.1, -0.05) is 6.92 Å². The Labute approximate surface area is 112 Å². The fourth-order valence-corrected chi connectivity index (χ4v) is 1.73. The summed E-state index contributed by atoms with van der Waals surface area (Å²) in [7, 11) is 0. The van der Waals surface area contributed by atoms with Crippen LogP contribution in [0.3, 0.4) is 0 Å². The van der Waals surface area contributed by atoms with E-state index in [4.69, 9.17) is 9.47 Å². The van der Waals surface area contributed by atoms with E-state index < -0.39 is 5.54 Å². The molecule has 0 amide bonds. The van der Waals surface area contributed by atoms with Crippen LogP contribution in [0.2, 0.25) is 0 Å². The molecule has 18 heavy (non-hydrogen) atoms. The van der Waals surface area contributed by atoms with E-state index in [0.29, 0.717) is 19.6 Å². The van der Waals surface area contributed by atoms with Crippen molar-refractivity contribution in [1.82, 2.24) is 5.32 Å². The minimum absolute atomic E-state index is 0.0507. The van der Waals surface area contributed by atoms with Gasteiger partial charge in [-0.2, -0.15) is 5.26 Å². The summed E-state index contributed by atoms with van der Waals surface area (Å²) in [5.74, 6) is 0. The number of nitriles is 1. The minimum atomic E-state index is -0.506. The van der Waals surface area contributed by atoms with Gasteiger partial charge in [0, 0.05) is 6.42 Å². The summed E-state index contributed by atoms with van der Waals surface area (Å²) in [5, 5.41) is 12.5. The quantitative estimate of drug-likeness (QED) is 0.610. The highest BCUT2D eigenvalue weighted by molar-refractivity contribution is 5.04. The molecule has 0 fully saturated rings. The zero-order valence-electron chi connectivity index (χ0n) is 12.5. The zero-order valence-corrected chi connectivity index (χ0v) is 12.5. The van der Waals surface area contributed by atoms with E-state index in [-0.39, 0.29) is 12.2 Å². The van der Waals surface area contributed by atoms with E-state index in [9.17, 15) is 5.26 Å². The molecule has 0 aromatic carbocycles. The predicted octanol–water partition coefficient (Wildman–Crippen LogP) is 2.49. The predicted molar refractivity (Wildman–Crippen MR) is 73.4 cm³/mol. The molecule has 0 saturated carbocycles. The number of hydrogen-bond donors (Lipinski definition) is 1. The van der Waals surface area contributed by atoms with E-state index in [1.807, 2.05) is 27.7 Å². The molecule has 0 aliphatic rings. The average molecular weight is 256 g/mol. The normalized spacial score (nSPS) is 16.3. The molecule has 0 bridgehead atoms. The number of nitrogens with zero attached hydrogens (tertiary/aromatic N) is 1. The van der Waals surface area contributed by atoms with Gasteiger partial charge in [0.2, 0.25) is 0 Å². The lowest BCUT2D eigenvalue weighted by atomic mass is 9.96. The summed E-state index contributed by atoms with van der Waals surface area (Å²) < 4.78 is 11.1. The van der Waals surface area contributed by atoms with Crippen molar-refractivity contribution in [2.75, 3.05) is 19.8 Å². The molecular formula is C14H28N2O2. The van der Waals surface area contributed by atoms with E-state index in [0.717, 1.165) is 13.0 Å². The second kappa shape index (κ2) is 9.32. The van der Waals surface area contributed by atoms with Crippen molar-refractivity contribution in [3.05, 3.63) is 0 Å². The lowest BCUT2D eigenvalue weighted by Gasteiger charge is -2.26. The minimum Gasteiger partial charge on any atom is -0.376 e. The smallest absolute Gasteiger partial charge is 0.106 e. The van der Waals surface area contributed by atoms with Gasteiger partial charge in [0.15, 0.2) is 0 Å². The molecule has 0 aromatic heterocycles. The second-order valence-corrected chi connectivity index (χ2v) is 5.18. The van der Waals surface area contributed by atoms with E-state index >= 15 is 0 Å². The highest BCUT2D eigenvalue weighted by Crippen LogP contribution is 2.13. The number of rotatable bonds is 10. The van der Waals surface area contributed by atoms with Crippen LogP contribution in [0.15, 0.2) is 0 Å². The van der Waals surface area contributed by atoms with Crippen molar-refractivity contribution in [3.8, 4) is 6.07 Å². The van der Waals surface area contributed by atoms with Gasteiger partial charge in [-0.3, -0.25) is 5.32 Å². The third-order valence-electron chi connectivity index (χ3n) is 2.64. The van der Waals surface area contributed by atoms with E-state index in [2.05, 4.69) is 18.3 Å². The summed E-state index contributed by atoms with van der Waals surface area (Å²) in [6, 6.07) is 2.33. The fourth-order valence-electron chi connectivity index (χ4n) is 1.73. The summed E-state index contributed by atoms with van der Waals surface area (Å²) in [4.78, 5) is 0. The van der Waals surface area contributed by atoms with Gasteiger partial charge in [-0.15, -0.1) is 0 Å². The first-order valence-electron chi connectivity index (χ1n) is 6.83. The van der Waals surface area contributed by atoms with Crippen LogP contribution in [-0.4, -0.2) is 37.5 Å². The average Bonchev–Trinajstić information content (AvgIpc) is 2.32. The van der Waals surface area contributed by atoms with Crippen molar-refractivity contribution in [2.24, 2.45) is 0 Å². The Hall–Kier alpha value is -0.630. The molecule has 0 radical (unpaired) electrons. The molecule has 0 aromatic rings. The highest BCUT2D eigenvalue weighted by Gasteiger charge is 2.25. The first-order valence-corrected chi connectivity index (χ1v) is 6.83. The van der Waals surface area contributed by atoms with Gasteiger partial charge in [-0.05, 0) is 40.7 Å². The van der Waals surface area contributed by atoms with Crippen LogP contribution in [0.4, 0.5) is 0 Å². The number of hydrogen-bond acceptors (Lipinski definition) is 4. The summed E-state index contributed by atoms with van der Waals surface area (Å²) >= 11 is 0. The van der Waals surface area contributed by atoms with Gasteiger partial charge < -0.3 is 9.47 Å². The van der Waals surface area contributed by atoms with Gasteiger partial charge in [0.05, 0.1) is 31.5 Å². The maximum Gasteiger partial charge on any atom is 0.106 e. The Morgan fingerprint density at radius 3 is 2.33 bits per heavy atom. The molecule has 0 aliphatic carbocycles. The highest BCUT2D eigenvalue weighted by atomic mass is 16.5. The Morgan fingerprint density at radius 1 is 1.22 bits per heavy atom. The van der Waals surface area contributed by atoms with Gasteiger partial charge in [0.1, 0.15) is 5.54 Å². The molecule has 0 rings (SSSR count). The SMILES string of the molecule is CCCNC(C)(C#N)CC(C)OCCOC(C)C. The molecule has 4 heteroatoms. The lowest BCUT2D eigenvalue weighted by molar-refractivity contribution is -0.0139. The molecule has 0 spiro atoms. The van der Waals surface area contributed by atoms with E-state index in [1.54, 1.807) is 0 Å². The molecule has 4 nitrogen and oxygen atoms in total. The third-order valence-corrected chi connectivity index (χ3v) is 2.64. The van der Waals surface area contributed by atoms with E-state index in [1.165, 1.54) is 0 Å². The first-order chi connectivity index (χ1) is 8.43. The van der Waals surface area contributed by atoms with Crippen molar-refractivity contribution < 1.29 is 9.47 Å². The van der Waals surface area contributed by atoms with Gasteiger partial charge >= 0.3 is 0 Å². The Kier molecular flexibility index (Phi) is 8.99. The lowest BCUT2D eigenvalue weighted by Crippen LogP contribution is -2.44. The van der Waals surface area contributed by atoms with Crippen molar-refractivity contribution in [2.45, 2.75) is 65.2 Å². The molecule has 106 valence electrons. The van der Waals surface area contributed by atoms with Crippen molar-refractivity contribution in [3.63, 3.8) is 0 Å². The Morgan fingerprint density at radius 2 is 1.83 bits per heavy atom. The number of nitrogens with one attached hydrogen (secondary N) is 1. The zero-order chi connectivity index (χ0) is 14.0. The number of ether oxygens (including phenoxy) is 2. The molecule has 0 aliphatic heterocycles. The maximum absolute atomic E-state index is 9.21. The van der Waals surface area contributed by atoms with Crippen LogP contribution in [0, 0.1) is 11.3 Å². The molecule has 2 unspecified atom stereocenters. The molecule has 0 saturated heterocycles. The van der Waals surface area contributed by atoms with Crippen molar-refractivity contribution >= 4 is 0 Å². The summed E-state index contributed by atoms with van der Waals surface area (Å²) in [5.41, 5.74) is -0.506. The Bertz CT molecular complexity index is 251. The maximum atomic E-state index is 9.21. The summed E-state index contributed by atoms with van der Waals surface area (Å²) in [6.07, 6.45) is 1.99. The molecule has 0 heterocycles. The van der Waals surface area contributed by atoms with Crippen LogP contribution < -0.4 is 5.32 Å². The van der Waals surface area contributed by atoms with Crippen molar-refractivity contribution in [1.29, 1.82) is 5.26 Å². The third kappa shape index (κ3) is 8.46. The second-order valence-electron chi connectivity index (χ2n) is 5.18. The van der Waals surface area contributed by atoms with Gasteiger partial charge in [0.25, 0.3) is 0 Å². The van der Waals surface area contributed by atoms with Crippen LogP contribution >= 0.6 is 0 Å². The van der Waals surface area contributed by atoms with Crippen LogP contribution in [0.1, 0.15) is 47.5 Å². The Balaban J connectivity index is 3.89. The van der Waals surface area contributed by atoms with Gasteiger partial charge in [-0.25, -0.2) is 0 Å². The largest absolute Gasteiger partial charge is 0.376 e. The standard InChI is InChI=1S/C14H28N2O2/c1-6-7-16-14(5,11-15)10-13(4)18-9-8-17-12(2)3/h12-13,16H,6-10H2,1-5H3. The van der Waals surface area contributed by atoms with Crippen LogP contribution in [0.25, 0.3) is 0 Å².